The summed E-state index contributed by atoms with van der Waals surface area (Å²) in [6.45, 7) is 12.3. The van der Waals surface area contributed by atoms with E-state index in [0.717, 1.165) is 29.7 Å². The average Bonchev–Trinajstić information content (AvgIpc) is 3.46. The van der Waals surface area contributed by atoms with E-state index in [0.29, 0.717) is 12.8 Å². The molecule has 208 valence electrons. The third-order valence-electron chi connectivity index (χ3n) is 9.27. The average molecular weight is 532 g/mol. The van der Waals surface area contributed by atoms with Crippen LogP contribution < -0.4 is 15.4 Å². The fourth-order valence-corrected chi connectivity index (χ4v) is 6.85. The third-order valence-corrected chi connectivity index (χ3v) is 9.27. The highest BCUT2D eigenvalue weighted by molar-refractivity contribution is 6.00. The van der Waals surface area contributed by atoms with Gasteiger partial charge in [-0.2, -0.15) is 0 Å². The van der Waals surface area contributed by atoms with Crippen LogP contribution >= 0.6 is 0 Å². The van der Waals surface area contributed by atoms with Gasteiger partial charge in [0.1, 0.15) is 11.4 Å². The molecule has 2 aliphatic heterocycles. The molecule has 2 fully saturated rings. The van der Waals surface area contributed by atoms with Gasteiger partial charge in [0.25, 0.3) is 0 Å². The third kappa shape index (κ3) is 4.79. The molecule has 5 rings (SSSR count). The normalized spacial score (nSPS) is 27.0. The van der Waals surface area contributed by atoms with E-state index >= 15 is 0 Å². The molecule has 1 aromatic heterocycles. The summed E-state index contributed by atoms with van der Waals surface area (Å²) in [5.74, 6) is 0.283. The summed E-state index contributed by atoms with van der Waals surface area (Å²) < 4.78 is 6.17. The number of nitrogens with zero attached hydrogens (tertiary/aromatic N) is 2. The topological polar surface area (TPSA) is 107 Å². The number of aromatic nitrogens is 1. The number of fused-ring (bicyclic) bond motifs is 1. The summed E-state index contributed by atoms with van der Waals surface area (Å²) in [7, 11) is 0. The quantitative estimate of drug-likeness (QED) is 0.459. The minimum Gasteiger partial charge on any atom is -0.487 e. The monoisotopic (exact) mass is 531 g/mol. The van der Waals surface area contributed by atoms with Gasteiger partial charge in [-0.05, 0) is 49.8 Å². The number of benzene rings is 1. The molecule has 2 aromatic rings. The van der Waals surface area contributed by atoms with Crippen LogP contribution in [0.15, 0.2) is 48.8 Å². The van der Waals surface area contributed by atoms with Crippen LogP contribution in [0.2, 0.25) is 0 Å². The second-order valence-electron chi connectivity index (χ2n) is 12.6. The van der Waals surface area contributed by atoms with Gasteiger partial charge in [0.2, 0.25) is 11.8 Å². The van der Waals surface area contributed by atoms with E-state index in [1.807, 2.05) is 64.1 Å². The van der Waals surface area contributed by atoms with Gasteiger partial charge in [-0.1, -0.05) is 52.0 Å². The van der Waals surface area contributed by atoms with Crippen molar-refractivity contribution in [1.29, 1.82) is 5.41 Å². The molecule has 3 aliphatic rings. The van der Waals surface area contributed by atoms with E-state index in [2.05, 4.69) is 29.5 Å². The summed E-state index contributed by atoms with van der Waals surface area (Å²) in [5.41, 5.74) is 0.619. The lowest BCUT2D eigenvalue weighted by atomic mass is 9.85. The summed E-state index contributed by atoms with van der Waals surface area (Å²) in [4.78, 5) is 33.6. The number of carbonyl (C=O) groups is 2. The van der Waals surface area contributed by atoms with Crippen molar-refractivity contribution in [3.05, 3.63) is 59.9 Å². The van der Waals surface area contributed by atoms with Crippen molar-refractivity contribution < 1.29 is 14.3 Å². The number of para-hydroxylation sites is 1. The second kappa shape index (κ2) is 9.65. The second-order valence-corrected chi connectivity index (χ2v) is 12.6. The molecule has 39 heavy (non-hydrogen) atoms. The Labute approximate surface area is 231 Å². The number of pyridine rings is 1. The van der Waals surface area contributed by atoms with E-state index in [4.69, 9.17) is 10.1 Å². The molecule has 0 bridgehead atoms. The van der Waals surface area contributed by atoms with Crippen LogP contribution in [0.5, 0.6) is 5.75 Å². The predicted octanol–water partition coefficient (Wildman–Crippen LogP) is 5.13. The number of nitrogens with one attached hydrogen (secondary N) is 3. The predicted molar refractivity (Wildman–Crippen MR) is 150 cm³/mol. The zero-order chi connectivity index (χ0) is 28.2. The van der Waals surface area contributed by atoms with Crippen LogP contribution in [-0.2, 0) is 9.59 Å². The van der Waals surface area contributed by atoms with Crippen molar-refractivity contribution in [3.63, 3.8) is 0 Å². The smallest absolute Gasteiger partial charge is 0.232 e. The number of rotatable bonds is 7. The lowest BCUT2D eigenvalue weighted by Gasteiger charge is -2.45. The number of carbonyl (C=O) groups excluding carboxylic acids is 2. The Hall–Kier alpha value is -3.42. The van der Waals surface area contributed by atoms with Crippen LogP contribution in [0.3, 0.4) is 0 Å². The van der Waals surface area contributed by atoms with Crippen LogP contribution in [-0.4, -0.2) is 38.8 Å². The molecule has 1 aliphatic carbocycles. The zero-order valence-corrected chi connectivity index (χ0v) is 23.9. The van der Waals surface area contributed by atoms with Crippen molar-refractivity contribution in [1.82, 2.24) is 20.5 Å². The fourth-order valence-electron chi connectivity index (χ4n) is 6.85. The minimum atomic E-state index is -0.470. The maximum atomic E-state index is 14.0. The Kier molecular flexibility index (Phi) is 6.72. The van der Waals surface area contributed by atoms with E-state index < -0.39 is 17.2 Å². The molecule has 1 aromatic carbocycles. The van der Waals surface area contributed by atoms with Gasteiger partial charge >= 0.3 is 0 Å². The van der Waals surface area contributed by atoms with Crippen molar-refractivity contribution in [2.75, 3.05) is 0 Å². The SMILES string of the molecule is CCC1(CC)CC(=O)N([C@@H](c2cccnc2)[C@H]2[C@H](C(=O)N[C@H]3CC(C)(C)Oc4ccccc43)C2(C)C)C(=N)N1. The largest absolute Gasteiger partial charge is 0.487 e. The van der Waals surface area contributed by atoms with E-state index in [-0.39, 0.29) is 41.1 Å². The van der Waals surface area contributed by atoms with Crippen molar-refractivity contribution in [3.8, 4) is 5.75 Å². The van der Waals surface area contributed by atoms with Crippen molar-refractivity contribution >= 4 is 17.8 Å². The summed E-state index contributed by atoms with van der Waals surface area (Å²) in [5, 5.41) is 15.6. The molecule has 1 saturated carbocycles. The highest BCUT2D eigenvalue weighted by Gasteiger charge is 2.67. The number of guanidine groups is 1. The Morgan fingerprint density at radius 2 is 1.90 bits per heavy atom. The number of ether oxygens (including phenoxy) is 1. The van der Waals surface area contributed by atoms with Gasteiger partial charge in [0.05, 0.1) is 18.5 Å². The Bertz CT molecular complexity index is 1250. The Morgan fingerprint density at radius 1 is 1.18 bits per heavy atom. The maximum Gasteiger partial charge on any atom is 0.232 e. The summed E-state index contributed by atoms with van der Waals surface area (Å²) in [6.07, 6.45) is 5.95. The van der Waals surface area contributed by atoms with E-state index in [1.54, 1.807) is 17.3 Å². The molecule has 1 saturated heterocycles. The summed E-state index contributed by atoms with van der Waals surface area (Å²) >= 11 is 0. The maximum absolute atomic E-state index is 14.0. The van der Waals surface area contributed by atoms with Gasteiger partial charge in [0, 0.05) is 41.8 Å². The zero-order valence-electron chi connectivity index (χ0n) is 23.9. The van der Waals surface area contributed by atoms with Gasteiger partial charge in [-0.15, -0.1) is 0 Å². The van der Waals surface area contributed by atoms with E-state index in [9.17, 15) is 9.59 Å². The lowest BCUT2D eigenvalue weighted by molar-refractivity contribution is -0.134. The molecule has 2 amide bonds. The number of hydrogen-bond donors (Lipinski definition) is 3. The van der Waals surface area contributed by atoms with Gasteiger partial charge < -0.3 is 15.4 Å². The highest BCUT2D eigenvalue weighted by atomic mass is 16.5. The van der Waals surface area contributed by atoms with Crippen molar-refractivity contribution in [2.24, 2.45) is 17.3 Å². The molecule has 0 spiro atoms. The van der Waals surface area contributed by atoms with Gasteiger partial charge in [0.15, 0.2) is 5.96 Å². The van der Waals surface area contributed by atoms with Crippen LogP contribution in [0.4, 0.5) is 0 Å². The number of amides is 2. The lowest BCUT2D eigenvalue weighted by Crippen LogP contribution is -2.62. The van der Waals surface area contributed by atoms with Gasteiger partial charge in [-0.3, -0.25) is 24.9 Å². The summed E-state index contributed by atoms with van der Waals surface area (Å²) in [6, 6.07) is 11.0. The van der Waals surface area contributed by atoms with Gasteiger partial charge in [-0.25, -0.2) is 0 Å². The molecular formula is C31H41N5O3. The first-order valence-electron chi connectivity index (χ1n) is 14.1. The molecule has 8 heteroatoms. The van der Waals surface area contributed by atoms with E-state index in [1.165, 1.54) is 0 Å². The molecule has 8 nitrogen and oxygen atoms in total. The minimum absolute atomic E-state index is 0.0307. The molecule has 3 N–H and O–H groups in total. The molecular weight excluding hydrogens is 490 g/mol. The van der Waals surface area contributed by atoms with Crippen LogP contribution in [0, 0.1) is 22.7 Å². The first-order valence-corrected chi connectivity index (χ1v) is 14.1. The fraction of sp³-hybridized carbons (Fsp3) is 0.548. The first kappa shape index (κ1) is 27.2. The van der Waals surface area contributed by atoms with Crippen LogP contribution in [0.1, 0.15) is 90.4 Å². The number of hydrogen-bond acceptors (Lipinski definition) is 5. The van der Waals surface area contributed by atoms with Crippen molar-refractivity contribution in [2.45, 2.75) is 90.4 Å². The molecule has 4 atom stereocenters. The molecule has 3 heterocycles. The Balaban J connectivity index is 1.45. The first-order chi connectivity index (χ1) is 18.4. The standard InChI is InChI=1S/C31H41N5O3/c1-7-31(8-2)17-23(37)36(28(32)35-31)26(19-12-11-15-33-18-19)24-25(30(24,5)6)27(38)34-21-16-29(3,4)39-22-14-10-9-13-20(21)22/h9-15,18,21,24-26H,7-8,16-17H2,1-6H3,(H2,32,35)(H,34,38)/t21-,24+,25+,26-/m0/s1. The highest BCUT2D eigenvalue weighted by Crippen LogP contribution is 2.65. The Morgan fingerprint density at radius 3 is 2.54 bits per heavy atom. The van der Waals surface area contributed by atoms with Crippen LogP contribution in [0.25, 0.3) is 0 Å². The molecule has 0 unspecified atom stereocenters. The molecule has 0 radical (unpaired) electrons.